The van der Waals surface area contributed by atoms with Crippen LogP contribution in [0.3, 0.4) is 0 Å². The van der Waals surface area contributed by atoms with Crippen molar-refractivity contribution in [3.8, 4) is 33.9 Å². The highest BCUT2D eigenvalue weighted by Crippen LogP contribution is 2.34. The van der Waals surface area contributed by atoms with E-state index in [1.165, 1.54) is 25.3 Å². The fourth-order valence-corrected chi connectivity index (χ4v) is 5.20. The van der Waals surface area contributed by atoms with E-state index in [-0.39, 0.29) is 0 Å². The van der Waals surface area contributed by atoms with Crippen LogP contribution >= 0.6 is 11.6 Å². The Balaban J connectivity index is 1.37. The number of hydrogen-bond donors (Lipinski definition) is 0. The summed E-state index contributed by atoms with van der Waals surface area (Å²) in [6.07, 6.45) is 8.22. The molecule has 3 aromatic carbocycles. The SMILES string of the molecule is COc1ccc(-c2ccc(Cl)cc2)c(COc2ccc(-c3cc(/C=C/C(=O)[O-])nn3C3CCCCC3)cc2)c1. The molecule has 6 nitrogen and oxygen atoms in total. The number of rotatable bonds is 9. The van der Waals surface area contributed by atoms with E-state index in [4.69, 9.17) is 26.2 Å². The van der Waals surface area contributed by atoms with Crippen LogP contribution in [0.15, 0.2) is 78.9 Å². The number of carboxylic acids is 1. The number of nitrogens with zero attached hydrogens (tertiary/aromatic N) is 2. The van der Waals surface area contributed by atoms with Crippen molar-refractivity contribution in [2.75, 3.05) is 7.11 Å². The van der Waals surface area contributed by atoms with Gasteiger partial charge in [-0.3, -0.25) is 4.68 Å². The van der Waals surface area contributed by atoms with Gasteiger partial charge < -0.3 is 19.4 Å². The first-order chi connectivity index (χ1) is 19.0. The van der Waals surface area contributed by atoms with Gasteiger partial charge in [0.1, 0.15) is 18.1 Å². The van der Waals surface area contributed by atoms with Gasteiger partial charge in [0.15, 0.2) is 0 Å². The van der Waals surface area contributed by atoms with E-state index in [2.05, 4.69) is 4.68 Å². The number of halogens is 1. The zero-order valence-corrected chi connectivity index (χ0v) is 22.6. The summed E-state index contributed by atoms with van der Waals surface area (Å²) in [6.45, 7) is 0.368. The molecule has 0 aliphatic heterocycles. The van der Waals surface area contributed by atoms with Crippen LogP contribution in [0.1, 0.15) is 49.4 Å². The molecule has 1 saturated carbocycles. The molecule has 0 radical (unpaired) electrons. The van der Waals surface area contributed by atoms with E-state index in [0.717, 1.165) is 58.4 Å². The van der Waals surface area contributed by atoms with Gasteiger partial charge in [0.05, 0.1) is 30.5 Å². The minimum absolute atomic E-state index is 0.300. The minimum atomic E-state index is -1.24. The maximum Gasteiger partial charge on any atom is 0.119 e. The lowest BCUT2D eigenvalue weighted by Gasteiger charge is -2.24. The first kappa shape index (κ1) is 26.6. The normalized spacial score (nSPS) is 14.0. The van der Waals surface area contributed by atoms with Crippen LogP contribution in [-0.4, -0.2) is 22.9 Å². The third-order valence-corrected chi connectivity index (χ3v) is 7.33. The number of carboxylic acid groups (broad SMARTS) is 1. The lowest BCUT2D eigenvalue weighted by molar-refractivity contribution is -0.297. The molecule has 7 heteroatoms. The van der Waals surface area contributed by atoms with Gasteiger partial charge in [0.25, 0.3) is 0 Å². The molecule has 0 amide bonds. The van der Waals surface area contributed by atoms with Crippen LogP contribution in [0.5, 0.6) is 11.5 Å². The highest BCUT2D eigenvalue weighted by atomic mass is 35.5. The molecule has 200 valence electrons. The Morgan fingerprint density at radius 1 is 0.974 bits per heavy atom. The van der Waals surface area contributed by atoms with Gasteiger partial charge in [0.2, 0.25) is 0 Å². The molecule has 39 heavy (non-hydrogen) atoms. The molecule has 0 atom stereocenters. The van der Waals surface area contributed by atoms with Gasteiger partial charge in [-0.15, -0.1) is 0 Å². The number of carbonyl (C=O) groups is 1. The standard InChI is InChI=1S/C32H31ClN2O4/c1-38-29-16-17-30(22-7-11-25(33)12-8-22)24(19-29)21-39-28-14-9-23(10-15-28)31-20-26(13-18-32(36)37)34-35(31)27-5-3-2-4-6-27/h7-20,27H,2-6,21H2,1H3,(H,36,37)/p-1/b18-13+. The van der Waals surface area contributed by atoms with E-state index >= 15 is 0 Å². The monoisotopic (exact) mass is 541 g/mol. The predicted molar refractivity (Wildman–Crippen MR) is 152 cm³/mol. The van der Waals surface area contributed by atoms with Crippen molar-refractivity contribution in [3.05, 3.63) is 95.2 Å². The maximum absolute atomic E-state index is 10.9. The molecule has 0 unspecified atom stereocenters. The minimum Gasteiger partial charge on any atom is -0.545 e. The Morgan fingerprint density at radius 3 is 2.36 bits per heavy atom. The van der Waals surface area contributed by atoms with Crippen LogP contribution in [0.4, 0.5) is 0 Å². The number of carbonyl (C=O) groups excluding carboxylic acids is 1. The summed E-state index contributed by atoms with van der Waals surface area (Å²) in [4.78, 5) is 10.9. The van der Waals surface area contributed by atoms with Gasteiger partial charge in [-0.2, -0.15) is 5.10 Å². The first-order valence-corrected chi connectivity index (χ1v) is 13.5. The second-order valence-corrected chi connectivity index (χ2v) is 10.1. The van der Waals surface area contributed by atoms with Crippen molar-refractivity contribution >= 4 is 23.6 Å². The number of aromatic nitrogens is 2. The molecule has 0 saturated heterocycles. The molecule has 0 N–H and O–H groups in total. The van der Waals surface area contributed by atoms with Gasteiger partial charge in [-0.25, -0.2) is 0 Å². The van der Waals surface area contributed by atoms with E-state index in [0.29, 0.717) is 23.4 Å². The Bertz CT molecular complexity index is 1450. The van der Waals surface area contributed by atoms with Crippen molar-refractivity contribution < 1.29 is 19.4 Å². The second-order valence-electron chi connectivity index (χ2n) is 9.69. The molecule has 5 rings (SSSR count). The number of benzene rings is 3. The van der Waals surface area contributed by atoms with Crippen LogP contribution in [0, 0.1) is 0 Å². The summed E-state index contributed by atoms with van der Waals surface area (Å²) in [7, 11) is 1.65. The Morgan fingerprint density at radius 2 is 1.67 bits per heavy atom. The molecule has 1 fully saturated rings. The predicted octanol–water partition coefficient (Wildman–Crippen LogP) is 6.73. The molecule has 1 aliphatic rings. The summed E-state index contributed by atoms with van der Waals surface area (Å²) >= 11 is 6.09. The molecule has 0 bridgehead atoms. The highest BCUT2D eigenvalue weighted by Gasteiger charge is 2.20. The smallest absolute Gasteiger partial charge is 0.119 e. The third kappa shape index (κ3) is 6.52. The first-order valence-electron chi connectivity index (χ1n) is 13.1. The summed E-state index contributed by atoms with van der Waals surface area (Å²) in [5, 5.41) is 16.3. The zero-order chi connectivity index (χ0) is 27.2. The number of ether oxygens (including phenoxy) is 2. The van der Waals surface area contributed by atoms with Crippen LogP contribution in [0.25, 0.3) is 28.5 Å². The van der Waals surface area contributed by atoms with Gasteiger partial charge in [0, 0.05) is 16.1 Å². The molecular weight excluding hydrogens is 512 g/mol. The number of methoxy groups -OCH3 is 1. The molecular formula is C32H30ClN2O4-. The van der Waals surface area contributed by atoms with Crippen molar-refractivity contribution in [1.82, 2.24) is 9.78 Å². The average Bonchev–Trinajstić information content (AvgIpc) is 3.40. The van der Waals surface area contributed by atoms with Crippen LogP contribution in [-0.2, 0) is 11.4 Å². The Labute approximate surface area is 233 Å². The third-order valence-electron chi connectivity index (χ3n) is 7.08. The number of aliphatic carboxylic acids is 1. The van der Waals surface area contributed by atoms with Crippen molar-refractivity contribution in [1.29, 1.82) is 0 Å². The lowest BCUT2D eigenvalue weighted by Crippen LogP contribution is -2.18. The topological polar surface area (TPSA) is 76.4 Å². The zero-order valence-electron chi connectivity index (χ0n) is 21.8. The summed E-state index contributed by atoms with van der Waals surface area (Å²) in [5.74, 6) is 0.270. The van der Waals surface area contributed by atoms with E-state index in [9.17, 15) is 9.90 Å². The summed E-state index contributed by atoms with van der Waals surface area (Å²) in [6, 6.07) is 23.9. The lowest BCUT2D eigenvalue weighted by atomic mass is 9.95. The van der Waals surface area contributed by atoms with Gasteiger partial charge in [-0.05, 0) is 90.7 Å². The summed E-state index contributed by atoms with van der Waals surface area (Å²) in [5.41, 5.74) is 5.67. The van der Waals surface area contributed by atoms with Crippen molar-refractivity contribution in [2.45, 2.75) is 44.8 Å². The van der Waals surface area contributed by atoms with Gasteiger partial charge in [-0.1, -0.05) is 49.1 Å². The van der Waals surface area contributed by atoms with Crippen LogP contribution in [0.2, 0.25) is 5.02 Å². The van der Waals surface area contributed by atoms with Crippen LogP contribution < -0.4 is 14.6 Å². The molecule has 1 heterocycles. The van der Waals surface area contributed by atoms with E-state index < -0.39 is 5.97 Å². The fourth-order valence-electron chi connectivity index (χ4n) is 5.08. The second kappa shape index (κ2) is 12.2. The molecule has 0 spiro atoms. The van der Waals surface area contributed by atoms with Crippen molar-refractivity contribution in [3.63, 3.8) is 0 Å². The quantitative estimate of drug-likeness (QED) is 0.220. The molecule has 1 aliphatic carbocycles. The fraction of sp³-hybridized carbons (Fsp3) is 0.250. The number of hydrogen-bond acceptors (Lipinski definition) is 5. The van der Waals surface area contributed by atoms with E-state index in [1.54, 1.807) is 7.11 Å². The Hall–Kier alpha value is -4.03. The largest absolute Gasteiger partial charge is 0.545 e. The average molecular weight is 542 g/mol. The van der Waals surface area contributed by atoms with Crippen molar-refractivity contribution in [2.24, 2.45) is 0 Å². The van der Waals surface area contributed by atoms with Gasteiger partial charge >= 0.3 is 0 Å². The summed E-state index contributed by atoms with van der Waals surface area (Å²) < 4.78 is 13.7. The maximum atomic E-state index is 10.9. The molecule has 1 aromatic heterocycles. The van der Waals surface area contributed by atoms with E-state index in [1.807, 2.05) is 72.8 Å². The Kier molecular flexibility index (Phi) is 8.33. The highest BCUT2D eigenvalue weighted by molar-refractivity contribution is 6.30. The molecule has 4 aromatic rings.